The minimum atomic E-state index is -0.837. The number of imidazole rings is 1. The summed E-state index contributed by atoms with van der Waals surface area (Å²) in [4.78, 5) is 50.8. The summed E-state index contributed by atoms with van der Waals surface area (Å²) in [7, 11) is 1.30. The number of carbonyl (C=O) groups excluding carboxylic acids is 3. The third-order valence-corrected chi connectivity index (χ3v) is 5.79. The number of nitrogens with zero attached hydrogens (tertiary/aromatic N) is 2. The Bertz CT molecular complexity index is 699. The summed E-state index contributed by atoms with van der Waals surface area (Å²) in [6.45, 7) is 7.96. The minimum Gasteiger partial charge on any atom is -0.467 e. The zero-order chi connectivity index (χ0) is 24.1. The Kier molecular flexibility index (Phi) is 13.0. The van der Waals surface area contributed by atoms with E-state index in [9.17, 15) is 14.4 Å². The summed E-state index contributed by atoms with van der Waals surface area (Å²) < 4.78 is 4.94. The Hall–Kier alpha value is -2.07. The average Bonchev–Trinajstić information content (AvgIpc) is 3.26. The predicted octanol–water partition coefficient (Wildman–Crippen LogP) is 2.58. The molecule has 2 amide bonds. The van der Waals surface area contributed by atoms with E-state index in [2.05, 4.69) is 15.3 Å². The molecule has 0 fully saturated rings. The molecule has 9 nitrogen and oxygen atoms in total. The molecule has 0 aliphatic carbocycles. The van der Waals surface area contributed by atoms with Gasteiger partial charge in [0.15, 0.2) is 6.04 Å². The molecule has 0 saturated carbocycles. The van der Waals surface area contributed by atoms with Crippen LogP contribution >= 0.6 is 11.8 Å². The van der Waals surface area contributed by atoms with Crippen LogP contribution in [-0.4, -0.2) is 70.6 Å². The van der Waals surface area contributed by atoms with Crippen LogP contribution in [0.1, 0.15) is 52.7 Å². The van der Waals surface area contributed by atoms with Crippen LogP contribution in [0.3, 0.4) is 0 Å². The van der Waals surface area contributed by atoms with Crippen LogP contribution in [0.5, 0.6) is 0 Å². The monoisotopic (exact) mass is 470 g/mol. The highest BCUT2D eigenvalue weighted by Crippen LogP contribution is 2.17. The maximum absolute atomic E-state index is 13.0. The molecule has 1 heterocycles. The molecule has 3 atom stereocenters. The number of aromatic nitrogens is 2. The van der Waals surface area contributed by atoms with Crippen LogP contribution in [-0.2, 0) is 30.4 Å². The van der Waals surface area contributed by atoms with Crippen LogP contribution in [0, 0.1) is 11.8 Å². The summed E-state index contributed by atoms with van der Waals surface area (Å²) in [5, 5.41) is 4.15. The second-order valence-electron chi connectivity index (χ2n) is 8.23. The normalized spacial score (nSPS) is 14.0. The molecule has 0 bridgehead atoms. The minimum absolute atomic E-state index is 0.0674. The third kappa shape index (κ3) is 9.60. The SMILES string of the molecule is CCC(C)C(CON(C(=O)CC(C)C)[C@@H](CCSC)C(=O)OC)NC(=O)Cc1c[nH]cn1. The first-order chi connectivity index (χ1) is 15.2. The number of hydrogen-bond acceptors (Lipinski definition) is 7. The summed E-state index contributed by atoms with van der Waals surface area (Å²) in [6.07, 6.45) is 6.74. The number of aromatic amines is 1. The molecule has 0 saturated heterocycles. The standard InChI is InChI=1S/C22H38N4O5S/c1-7-16(4)18(25-20(27)11-17-12-23-14-24-17)13-31-26(21(28)10-15(2)3)19(8-9-32-6)22(29)30-5/h12,14-16,18-19H,7-11,13H2,1-6H3,(H,23,24)(H,25,27)/t16?,18?,19-/m0/s1. The van der Waals surface area contributed by atoms with E-state index >= 15 is 0 Å². The quantitative estimate of drug-likeness (QED) is 0.299. The molecule has 2 N–H and O–H groups in total. The van der Waals surface area contributed by atoms with Gasteiger partial charge in [0.1, 0.15) is 0 Å². The molecule has 0 radical (unpaired) electrons. The number of hydrogen-bond donors (Lipinski definition) is 2. The lowest BCUT2D eigenvalue weighted by atomic mass is 9.99. The van der Waals surface area contributed by atoms with Crippen molar-refractivity contribution >= 4 is 29.5 Å². The Morgan fingerprint density at radius 2 is 2.00 bits per heavy atom. The molecular formula is C22H38N4O5S. The van der Waals surface area contributed by atoms with E-state index in [1.54, 1.807) is 18.0 Å². The number of amides is 2. The fraction of sp³-hybridized carbons (Fsp3) is 0.727. The fourth-order valence-electron chi connectivity index (χ4n) is 3.07. The van der Waals surface area contributed by atoms with Gasteiger partial charge in [0.25, 0.3) is 0 Å². The van der Waals surface area contributed by atoms with Crippen molar-refractivity contribution in [1.29, 1.82) is 0 Å². The van der Waals surface area contributed by atoms with E-state index < -0.39 is 12.0 Å². The number of H-pyrrole nitrogens is 1. The second-order valence-corrected chi connectivity index (χ2v) is 9.22. The number of methoxy groups -OCH3 is 1. The van der Waals surface area contributed by atoms with Gasteiger partial charge in [0.05, 0.1) is 38.2 Å². The number of ether oxygens (including phenoxy) is 1. The van der Waals surface area contributed by atoms with Crippen LogP contribution in [0.15, 0.2) is 12.5 Å². The molecule has 1 aromatic heterocycles. The van der Waals surface area contributed by atoms with Crippen molar-refractivity contribution < 1.29 is 24.0 Å². The average molecular weight is 471 g/mol. The largest absolute Gasteiger partial charge is 0.467 e. The topological polar surface area (TPSA) is 114 Å². The summed E-state index contributed by atoms with van der Waals surface area (Å²) in [5.74, 6) is -0.0996. The van der Waals surface area contributed by atoms with Gasteiger partial charge in [0, 0.05) is 12.6 Å². The zero-order valence-electron chi connectivity index (χ0n) is 20.1. The van der Waals surface area contributed by atoms with Gasteiger partial charge in [-0.1, -0.05) is 34.1 Å². The lowest BCUT2D eigenvalue weighted by Gasteiger charge is -2.32. The Balaban J connectivity index is 2.97. The van der Waals surface area contributed by atoms with E-state index in [0.29, 0.717) is 17.9 Å². The van der Waals surface area contributed by atoms with Crippen LogP contribution in [0.25, 0.3) is 0 Å². The molecule has 1 rings (SSSR count). The first-order valence-corrected chi connectivity index (χ1v) is 12.4. The Morgan fingerprint density at radius 3 is 2.53 bits per heavy atom. The molecule has 32 heavy (non-hydrogen) atoms. The zero-order valence-corrected chi connectivity index (χ0v) is 20.9. The van der Waals surface area contributed by atoms with Gasteiger partial charge in [-0.15, -0.1) is 0 Å². The molecule has 0 aliphatic rings. The van der Waals surface area contributed by atoms with Crippen molar-refractivity contribution in [3.63, 3.8) is 0 Å². The van der Waals surface area contributed by atoms with Gasteiger partial charge >= 0.3 is 5.97 Å². The highest BCUT2D eigenvalue weighted by Gasteiger charge is 2.33. The van der Waals surface area contributed by atoms with Gasteiger partial charge in [-0.3, -0.25) is 14.4 Å². The van der Waals surface area contributed by atoms with Crippen molar-refractivity contribution in [3.05, 3.63) is 18.2 Å². The molecule has 0 spiro atoms. The fourth-order valence-corrected chi connectivity index (χ4v) is 3.53. The first-order valence-electron chi connectivity index (χ1n) is 11.0. The van der Waals surface area contributed by atoms with Crippen molar-refractivity contribution in [1.82, 2.24) is 20.3 Å². The number of hydroxylamine groups is 2. The van der Waals surface area contributed by atoms with Gasteiger partial charge in [-0.05, 0) is 30.3 Å². The highest BCUT2D eigenvalue weighted by molar-refractivity contribution is 7.98. The van der Waals surface area contributed by atoms with E-state index in [-0.39, 0.29) is 49.1 Å². The number of esters is 1. The molecule has 2 unspecified atom stereocenters. The van der Waals surface area contributed by atoms with Crippen LogP contribution < -0.4 is 5.32 Å². The van der Waals surface area contributed by atoms with Gasteiger partial charge in [-0.25, -0.2) is 14.8 Å². The number of rotatable bonds is 15. The lowest BCUT2D eigenvalue weighted by Crippen LogP contribution is -2.50. The molecule has 0 aromatic carbocycles. The van der Waals surface area contributed by atoms with Gasteiger partial charge < -0.3 is 15.0 Å². The summed E-state index contributed by atoms with van der Waals surface area (Å²) >= 11 is 1.58. The second kappa shape index (κ2) is 14.9. The smallest absolute Gasteiger partial charge is 0.331 e. The predicted molar refractivity (Wildman–Crippen MR) is 125 cm³/mol. The molecule has 10 heteroatoms. The van der Waals surface area contributed by atoms with Crippen LogP contribution in [0.2, 0.25) is 0 Å². The number of thioether (sulfide) groups is 1. The van der Waals surface area contributed by atoms with Gasteiger partial charge in [0.2, 0.25) is 11.8 Å². The highest BCUT2D eigenvalue weighted by atomic mass is 32.2. The number of nitrogens with one attached hydrogen (secondary N) is 2. The lowest BCUT2D eigenvalue weighted by molar-refractivity contribution is -0.212. The molecule has 0 aliphatic heterocycles. The van der Waals surface area contributed by atoms with Gasteiger partial charge in [-0.2, -0.15) is 11.8 Å². The van der Waals surface area contributed by atoms with E-state index in [4.69, 9.17) is 9.57 Å². The van der Waals surface area contributed by atoms with E-state index in [1.807, 2.05) is 34.0 Å². The maximum atomic E-state index is 13.0. The van der Waals surface area contributed by atoms with Crippen molar-refractivity contribution in [2.24, 2.45) is 11.8 Å². The van der Waals surface area contributed by atoms with Crippen molar-refractivity contribution in [3.8, 4) is 0 Å². The van der Waals surface area contributed by atoms with Crippen molar-refractivity contribution in [2.75, 3.05) is 25.7 Å². The first kappa shape index (κ1) is 28.0. The number of carbonyl (C=O) groups is 3. The molecule has 182 valence electrons. The van der Waals surface area contributed by atoms with Crippen molar-refractivity contribution in [2.45, 2.75) is 65.5 Å². The maximum Gasteiger partial charge on any atom is 0.331 e. The van der Waals surface area contributed by atoms with Crippen LogP contribution in [0.4, 0.5) is 0 Å². The third-order valence-electron chi connectivity index (χ3n) is 5.15. The van der Waals surface area contributed by atoms with E-state index in [0.717, 1.165) is 11.5 Å². The molecular weight excluding hydrogens is 432 g/mol. The Morgan fingerprint density at radius 1 is 1.28 bits per heavy atom. The molecule has 1 aromatic rings. The Labute approximate surface area is 195 Å². The van der Waals surface area contributed by atoms with E-state index in [1.165, 1.54) is 13.4 Å². The summed E-state index contributed by atoms with van der Waals surface area (Å²) in [5.41, 5.74) is 0.642. The summed E-state index contributed by atoms with van der Waals surface area (Å²) in [6, 6.07) is -1.17.